The van der Waals surface area contributed by atoms with Crippen LogP contribution in [0.5, 0.6) is 0 Å². The number of aryl methyl sites for hydroxylation is 1. The monoisotopic (exact) mass is 309 g/mol. The molecule has 0 saturated carbocycles. The number of thiocarbonyl (C=S) groups is 1. The zero-order valence-corrected chi connectivity index (χ0v) is 13.9. The third-order valence-corrected chi connectivity index (χ3v) is 3.39. The Labute approximate surface area is 131 Å². The van der Waals surface area contributed by atoms with E-state index >= 15 is 0 Å². The predicted octanol–water partition coefficient (Wildman–Crippen LogP) is 0.808. The van der Waals surface area contributed by atoms with E-state index in [1.807, 2.05) is 20.8 Å². The van der Waals surface area contributed by atoms with E-state index in [9.17, 15) is 4.79 Å². The predicted molar refractivity (Wildman–Crippen MR) is 88.6 cm³/mol. The molecule has 1 aromatic rings. The number of aromatic nitrogens is 2. The van der Waals surface area contributed by atoms with Crippen molar-refractivity contribution in [1.82, 2.24) is 15.5 Å². The van der Waals surface area contributed by atoms with Crippen LogP contribution in [0, 0.1) is 0 Å². The molecule has 0 saturated heterocycles. The normalized spacial score (nSPS) is 10.3. The van der Waals surface area contributed by atoms with Gasteiger partial charge in [0.1, 0.15) is 4.99 Å². The van der Waals surface area contributed by atoms with Crippen LogP contribution in [-0.4, -0.2) is 41.2 Å². The van der Waals surface area contributed by atoms with Gasteiger partial charge in [0.25, 0.3) is 0 Å². The smallest absolute Gasteiger partial charge is 0.239 e. The molecule has 0 radical (unpaired) electrons. The number of nitrogens with one attached hydrogen (secondary N) is 1. The van der Waals surface area contributed by atoms with Gasteiger partial charge in [0.15, 0.2) is 5.82 Å². The van der Waals surface area contributed by atoms with E-state index in [-0.39, 0.29) is 17.4 Å². The van der Waals surface area contributed by atoms with Crippen LogP contribution < -0.4 is 16.0 Å². The van der Waals surface area contributed by atoms with Gasteiger partial charge in [-0.3, -0.25) is 4.79 Å². The summed E-state index contributed by atoms with van der Waals surface area (Å²) >= 11 is 5.18. The van der Waals surface area contributed by atoms with Gasteiger partial charge in [0, 0.05) is 13.6 Å². The molecule has 0 fully saturated rings. The van der Waals surface area contributed by atoms with Gasteiger partial charge in [-0.2, -0.15) is 5.10 Å². The van der Waals surface area contributed by atoms with E-state index < -0.39 is 0 Å². The third-order valence-electron chi connectivity index (χ3n) is 3.19. The average molecular weight is 309 g/mol. The molecule has 21 heavy (non-hydrogen) atoms. The highest BCUT2D eigenvalue weighted by Gasteiger charge is 2.20. The van der Waals surface area contributed by atoms with Crippen LogP contribution in [0.1, 0.15) is 37.6 Å². The molecule has 0 aliphatic heterocycles. The molecule has 116 valence electrons. The fourth-order valence-corrected chi connectivity index (χ4v) is 2.45. The minimum absolute atomic E-state index is 0.0756. The van der Waals surface area contributed by atoms with Gasteiger partial charge in [-0.15, -0.1) is 5.10 Å². The Hall–Kier alpha value is -1.76. The summed E-state index contributed by atoms with van der Waals surface area (Å²) in [7, 11) is 1.78. The molecule has 7 heteroatoms. The van der Waals surface area contributed by atoms with Crippen LogP contribution in [0.15, 0.2) is 0 Å². The summed E-state index contributed by atoms with van der Waals surface area (Å²) in [6, 6.07) is 0. The number of likely N-dealkylation sites (N-methyl/N-ethyl adjacent to an activating group) is 2. The van der Waals surface area contributed by atoms with Crippen molar-refractivity contribution in [1.29, 1.82) is 0 Å². The lowest BCUT2D eigenvalue weighted by atomic mass is 10.0. The number of carbonyl (C=O) groups is 1. The standard InChI is InChI=1S/C14H23N5OS/c1-5-9-10(6-2)17-18-14(12(9)13(15)21)19(4)8-11(20)16-7-3/h5-8H2,1-4H3,(H2,15,21)(H,16,20). The van der Waals surface area contributed by atoms with Crippen LogP contribution in [0.25, 0.3) is 0 Å². The topological polar surface area (TPSA) is 84.1 Å². The molecule has 0 bridgehead atoms. The van der Waals surface area contributed by atoms with Crippen LogP contribution in [-0.2, 0) is 17.6 Å². The number of carbonyl (C=O) groups excluding carboxylic acids is 1. The summed E-state index contributed by atoms with van der Waals surface area (Å²) in [4.78, 5) is 13.7. The Morgan fingerprint density at radius 1 is 1.29 bits per heavy atom. The van der Waals surface area contributed by atoms with Crippen molar-refractivity contribution in [2.24, 2.45) is 5.73 Å². The van der Waals surface area contributed by atoms with E-state index in [0.29, 0.717) is 12.4 Å². The Bertz CT molecular complexity index is 532. The Balaban J connectivity index is 3.23. The highest BCUT2D eigenvalue weighted by Crippen LogP contribution is 2.23. The summed E-state index contributed by atoms with van der Waals surface area (Å²) < 4.78 is 0. The van der Waals surface area contributed by atoms with Crippen molar-refractivity contribution in [3.63, 3.8) is 0 Å². The first kappa shape index (κ1) is 17.3. The summed E-state index contributed by atoms with van der Waals surface area (Å²) in [6.07, 6.45) is 1.54. The van der Waals surface area contributed by atoms with Crippen molar-refractivity contribution >= 4 is 28.9 Å². The molecule has 1 aromatic heterocycles. The van der Waals surface area contributed by atoms with Gasteiger partial charge in [0.05, 0.1) is 17.8 Å². The quantitative estimate of drug-likeness (QED) is 0.725. The second-order valence-corrected chi connectivity index (χ2v) is 5.14. The summed E-state index contributed by atoms with van der Waals surface area (Å²) in [5, 5.41) is 11.2. The molecule has 0 aliphatic rings. The maximum Gasteiger partial charge on any atom is 0.239 e. The Morgan fingerprint density at radius 3 is 2.43 bits per heavy atom. The van der Waals surface area contributed by atoms with Gasteiger partial charge in [-0.05, 0) is 25.3 Å². The third kappa shape index (κ3) is 4.10. The number of nitrogens with two attached hydrogens (primary N) is 1. The van der Waals surface area contributed by atoms with E-state index in [1.54, 1.807) is 11.9 Å². The fraction of sp³-hybridized carbons (Fsp3) is 0.571. The minimum Gasteiger partial charge on any atom is -0.389 e. The number of hydrogen-bond donors (Lipinski definition) is 2. The molecule has 1 heterocycles. The molecule has 0 aromatic carbocycles. The molecule has 0 aliphatic carbocycles. The molecular formula is C14H23N5OS. The first-order valence-corrected chi connectivity index (χ1v) is 7.52. The van der Waals surface area contributed by atoms with Crippen LogP contribution in [0.4, 0.5) is 5.82 Å². The van der Waals surface area contributed by atoms with E-state index in [0.717, 1.165) is 29.7 Å². The Kier molecular flexibility index (Phi) is 6.48. The van der Waals surface area contributed by atoms with Gasteiger partial charge in [0.2, 0.25) is 5.91 Å². The second-order valence-electron chi connectivity index (χ2n) is 4.70. The molecule has 0 unspecified atom stereocenters. The van der Waals surface area contributed by atoms with Crippen molar-refractivity contribution in [3.8, 4) is 0 Å². The molecule has 0 atom stereocenters. The lowest BCUT2D eigenvalue weighted by Gasteiger charge is -2.22. The number of anilines is 1. The molecular weight excluding hydrogens is 286 g/mol. The SMILES string of the molecule is CCNC(=O)CN(C)c1nnc(CC)c(CC)c1C(N)=S. The summed E-state index contributed by atoms with van der Waals surface area (Å²) in [6.45, 7) is 6.71. The summed E-state index contributed by atoms with van der Waals surface area (Å²) in [5.41, 5.74) is 8.52. The van der Waals surface area contributed by atoms with E-state index in [2.05, 4.69) is 15.5 Å². The van der Waals surface area contributed by atoms with Crippen LogP contribution in [0.3, 0.4) is 0 Å². The largest absolute Gasteiger partial charge is 0.389 e. The van der Waals surface area contributed by atoms with Crippen LogP contribution in [0.2, 0.25) is 0 Å². The lowest BCUT2D eigenvalue weighted by molar-refractivity contribution is -0.119. The van der Waals surface area contributed by atoms with Gasteiger partial charge in [-0.25, -0.2) is 0 Å². The van der Waals surface area contributed by atoms with Crippen LogP contribution >= 0.6 is 12.2 Å². The highest BCUT2D eigenvalue weighted by atomic mass is 32.1. The maximum atomic E-state index is 11.7. The molecule has 0 spiro atoms. The van der Waals surface area contributed by atoms with Crippen molar-refractivity contribution in [2.75, 3.05) is 25.0 Å². The second kappa shape index (κ2) is 7.87. The van der Waals surface area contributed by atoms with Gasteiger partial charge < -0.3 is 16.0 Å². The number of rotatable bonds is 7. The van der Waals surface area contributed by atoms with E-state index in [4.69, 9.17) is 18.0 Å². The molecule has 3 N–H and O–H groups in total. The molecule has 6 nitrogen and oxygen atoms in total. The number of amides is 1. The highest BCUT2D eigenvalue weighted by molar-refractivity contribution is 7.80. The zero-order valence-electron chi connectivity index (χ0n) is 13.1. The molecule has 1 rings (SSSR count). The summed E-state index contributed by atoms with van der Waals surface area (Å²) in [5.74, 6) is 0.483. The first-order chi connectivity index (χ1) is 9.96. The first-order valence-electron chi connectivity index (χ1n) is 7.12. The fourth-order valence-electron chi connectivity index (χ4n) is 2.23. The van der Waals surface area contributed by atoms with Gasteiger partial charge in [-0.1, -0.05) is 26.1 Å². The van der Waals surface area contributed by atoms with Crippen molar-refractivity contribution in [3.05, 3.63) is 16.8 Å². The van der Waals surface area contributed by atoms with Gasteiger partial charge >= 0.3 is 0 Å². The average Bonchev–Trinajstić information content (AvgIpc) is 2.45. The lowest BCUT2D eigenvalue weighted by Crippen LogP contribution is -2.36. The van der Waals surface area contributed by atoms with E-state index in [1.165, 1.54) is 0 Å². The zero-order chi connectivity index (χ0) is 16.0. The number of nitrogens with zero attached hydrogens (tertiary/aromatic N) is 3. The molecule has 1 amide bonds. The van der Waals surface area contributed by atoms with Crippen molar-refractivity contribution in [2.45, 2.75) is 33.6 Å². The minimum atomic E-state index is -0.0756. The number of hydrogen-bond acceptors (Lipinski definition) is 5. The Morgan fingerprint density at radius 2 is 1.95 bits per heavy atom. The maximum absolute atomic E-state index is 11.7. The van der Waals surface area contributed by atoms with Crippen molar-refractivity contribution < 1.29 is 4.79 Å².